The zero-order valence-corrected chi connectivity index (χ0v) is 14.9. The van der Waals surface area contributed by atoms with Crippen LogP contribution in [0.15, 0.2) is 39.9 Å². The minimum Gasteiger partial charge on any atom is -0.342 e. The average molecular weight is 395 g/mol. The van der Waals surface area contributed by atoms with Gasteiger partial charge in [0.15, 0.2) is 0 Å². The SMILES string of the molecule is O=C(NNS(=O)(=O)c1cc(-c2ccc([N+](=O)[O-])cc2)no1)NC1CCCC1. The first-order valence-electron chi connectivity index (χ1n) is 8.15. The Labute approximate surface area is 154 Å². The molecule has 0 bridgehead atoms. The fourth-order valence-electron chi connectivity index (χ4n) is 2.73. The van der Waals surface area contributed by atoms with Gasteiger partial charge >= 0.3 is 6.03 Å². The molecule has 0 aliphatic heterocycles. The van der Waals surface area contributed by atoms with Gasteiger partial charge in [-0.15, -0.1) is 4.83 Å². The van der Waals surface area contributed by atoms with E-state index in [-0.39, 0.29) is 17.4 Å². The maximum atomic E-state index is 12.2. The summed E-state index contributed by atoms with van der Waals surface area (Å²) in [6.07, 6.45) is 3.78. The van der Waals surface area contributed by atoms with Gasteiger partial charge in [0.1, 0.15) is 5.69 Å². The van der Waals surface area contributed by atoms with E-state index >= 15 is 0 Å². The number of nitrogens with zero attached hydrogens (tertiary/aromatic N) is 2. The van der Waals surface area contributed by atoms with Crippen LogP contribution in [-0.2, 0) is 10.0 Å². The van der Waals surface area contributed by atoms with Gasteiger partial charge in [-0.25, -0.2) is 13.2 Å². The van der Waals surface area contributed by atoms with Crippen molar-refractivity contribution in [3.8, 4) is 11.3 Å². The average Bonchev–Trinajstić information content (AvgIpc) is 3.32. The van der Waals surface area contributed by atoms with E-state index in [2.05, 4.69) is 15.9 Å². The molecule has 0 unspecified atom stereocenters. The number of hydrogen-bond donors (Lipinski definition) is 3. The monoisotopic (exact) mass is 395 g/mol. The zero-order valence-electron chi connectivity index (χ0n) is 14.0. The molecule has 144 valence electrons. The molecule has 1 aliphatic carbocycles. The molecule has 3 rings (SSSR count). The van der Waals surface area contributed by atoms with Crippen LogP contribution < -0.4 is 15.6 Å². The number of benzene rings is 1. The molecule has 1 heterocycles. The van der Waals surface area contributed by atoms with Crippen LogP contribution in [0.5, 0.6) is 0 Å². The fraction of sp³-hybridized carbons (Fsp3) is 0.333. The van der Waals surface area contributed by atoms with Crippen molar-refractivity contribution in [2.45, 2.75) is 36.8 Å². The number of nitro groups is 1. The number of carbonyl (C=O) groups is 1. The highest BCUT2D eigenvalue weighted by Crippen LogP contribution is 2.23. The predicted molar refractivity (Wildman–Crippen MR) is 92.8 cm³/mol. The second-order valence-electron chi connectivity index (χ2n) is 6.02. The number of aromatic nitrogens is 1. The van der Waals surface area contributed by atoms with E-state index in [1.807, 2.05) is 4.83 Å². The number of amides is 2. The highest BCUT2D eigenvalue weighted by Gasteiger charge is 2.23. The molecule has 0 radical (unpaired) electrons. The molecular formula is C15H17N5O6S. The molecule has 1 saturated carbocycles. The van der Waals surface area contributed by atoms with Gasteiger partial charge in [-0.1, -0.05) is 18.0 Å². The van der Waals surface area contributed by atoms with Crippen LogP contribution >= 0.6 is 0 Å². The number of urea groups is 1. The van der Waals surface area contributed by atoms with Crippen LogP contribution in [0, 0.1) is 10.1 Å². The Hall–Kier alpha value is -2.99. The first kappa shape index (κ1) is 18.8. The Balaban J connectivity index is 1.63. The summed E-state index contributed by atoms with van der Waals surface area (Å²) >= 11 is 0. The van der Waals surface area contributed by atoms with Gasteiger partial charge in [0, 0.05) is 29.8 Å². The van der Waals surface area contributed by atoms with Gasteiger partial charge in [0.05, 0.1) is 4.92 Å². The van der Waals surface area contributed by atoms with E-state index in [0.717, 1.165) is 31.7 Å². The molecule has 1 aromatic heterocycles. The minimum atomic E-state index is -4.16. The number of hydrogen-bond acceptors (Lipinski definition) is 7. The summed E-state index contributed by atoms with van der Waals surface area (Å²) in [6, 6.07) is 5.92. The van der Waals surface area contributed by atoms with Gasteiger partial charge in [0.25, 0.3) is 20.8 Å². The van der Waals surface area contributed by atoms with Crippen LogP contribution in [0.4, 0.5) is 10.5 Å². The quantitative estimate of drug-likeness (QED) is 0.496. The Morgan fingerprint density at radius 2 is 1.89 bits per heavy atom. The third kappa shape index (κ3) is 4.60. The molecule has 1 aromatic carbocycles. The Morgan fingerprint density at radius 1 is 1.22 bits per heavy atom. The molecule has 27 heavy (non-hydrogen) atoms. The Morgan fingerprint density at radius 3 is 2.52 bits per heavy atom. The molecular weight excluding hydrogens is 378 g/mol. The molecule has 1 fully saturated rings. The van der Waals surface area contributed by atoms with Gasteiger partial charge in [0.2, 0.25) is 0 Å². The molecule has 0 atom stereocenters. The molecule has 0 saturated heterocycles. The summed E-state index contributed by atoms with van der Waals surface area (Å²) in [7, 11) is -4.16. The molecule has 11 nitrogen and oxygen atoms in total. The van der Waals surface area contributed by atoms with Gasteiger partial charge in [-0.05, 0) is 25.0 Å². The summed E-state index contributed by atoms with van der Waals surface area (Å²) in [4.78, 5) is 23.8. The zero-order chi connectivity index (χ0) is 19.4. The number of non-ortho nitro benzene ring substituents is 1. The highest BCUT2D eigenvalue weighted by molar-refractivity contribution is 7.89. The Kier molecular flexibility index (Phi) is 5.37. The van der Waals surface area contributed by atoms with E-state index < -0.39 is 26.1 Å². The molecule has 12 heteroatoms. The van der Waals surface area contributed by atoms with Crippen LogP contribution in [-0.4, -0.2) is 30.6 Å². The lowest BCUT2D eigenvalue weighted by Gasteiger charge is -2.12. The molecule has 2 aromatic rings. The van der Waals surface area contributed by atoms with Gasteiger partial charge in [-0.3, -0.25) is 15.5 Å². The molecule has 2 amide bonds. The lowest BCUT2D eigenvalue weighted by Crippen LogP contribution is -2.49. The smallest absolute Gasteiger partial charge is 0.330 e. The predicted octanol–water partition coefficient (Wildman–Crippen LogP) is 1.68. The number of nitrogens with one attached hydrogen (secondary N) is 3. The van der Waals surface area contributed by atoms with Crippen molar-refractivity contribution >= 4 is 21.7 Å². The number of nitro benzene ring substituents is 1. The summed E-state index contributed by atoms with van der Waals surface area (Å²) in [5.41, 5.74) is 2.59. The third-order valence-corrected chi connectivity index (χ3v) is 5.21. The molecule has 0 spiro atoms. The number of sulfonamides is 1. The van der Waals surface area contributed by atoms with E-state index in [1.54, 1.807) is 0 Å². The lowest BCUT2D eigenvalue weighted by molar-refractivity contribution is -0.384. The first-order valence-corrected chi connectivity index (χ1v) is 9.63. The maximum Gasteiger partial charge on any atom is 0.330 e. The van der Waals surface area contributed by atoms with E-state index in [0.29, 0.717) is 5.56 Å². The van der Waals surface area contributed by atoms with Crippen LogP contribution in [0.1, 0.15) is 25.7 Å². The van der Waals surface area contributed by atoms with Gasteiger partial charge < -0.3 is 9.84 Å². The molecule has 3 N–H and O–H groups in total. The summed E-state index contributed by atoms with van der Waals surface area (Å²) in [5, 5.41) is 16.5. The largest absolute Gasteiger partial charge is 0.342 e. The van der Waals surface area contributed by atoms with E-state index in [4.69, 9.17) is 4.52 Å². The van der Waals surface area contributed by atoms with Crippen molar-refractivity contribution in [3.63, 3.8) is 0 Å². The van der Waals surface area contributed by atoms with E-state index in [1.165, 1.54) is 24.3 Å². The van der Waals surface area contributed by atoms with Crippen molar-refractivity contribution in [3.05, 3.63) is 40.4 Å². The Bertz CT molecular complexity index is 934. The van der Waals surface area contributed by atoms with Crippen LogP contribution in [0.3, 0.4) is 0 Å². The van der Waals surface area contributed by atoms with Crippen molar-refractivity contribution in [2.75, 3.05) is 0 Å². The normalized spacial score (nSPS) is 14.8. The van der Waals surface area contributed by atoms with Crippen molar-refractivity contribution in [1.29, 1.82) is 0 Å². The first-order chi connectivity index (χ1) is 12.8. The summed E-state index contributed by atoms with van der Waals surface area (Å²) in [5.74, 6) is 0. The molecule has 1 aliphatic rings. The van der Waals surface area contributed by atoms with Crippen LogP contribution in [0.2, 0.25) is 0 Å². The van der Waals surface area contributed by atoms with E-state index in [9.17, 15) is 23.3 Å². The highest BCUT2D eigenvalue weighted by atomic mass is 32.2. The number of rotatable bonds is 6. The summed E-state index contributed by atoms with van der Waals surface area (Å²) in [6.45, 7) is 0. The van der Waals surface area contributed by atoms with Crippen LogP contribution in [0.25, 0.3) is 11.3 Å². The maximum absolute atomic E-state index is 12.2. The van der Waals surface area contributed by atoms with Crippen molar-refractivity contribution < 1.29 is 22.7 Å². The van der Waals surface area contributed by atoms with Crippen molar-refractivity contribution in [1.82, 2.24) is 20.7 Å². The number of carbonyl (C=O) groups excluding carboxylic acids is 1. The summed E-state index contributed by atoms with van der Waals surface area (Å²) < 4.78 is 29.2. The number of hydrazine groups is 1. The standard InChI is InChI=1S/C15H17N5O6S/c21-15(16-11-3-1-2-4-11)17-19-27(24,25)14-9-13(18-26-14)10-5-7-12(8-6-10)20(22)23/h5-9,11,19H,1-4H2,(H2,16,17,21). The topological polar surface area (TPSA) is 156 Å². The lowest BCUT2D eigenvalue weighted by atomic mass is 10.1. The third-order valence-electron chi connectivity index (χ3n) is 4.12. The second-order valence-corrected chi connectivity index (χ2v) is 7.63. The van der Waals surface area contributed by atoms with Crippen molar-refractivity contribution in [2.24, 2.45) is 0 Å². The minimum absolute atomic E-state index is 0.0357. The fourth-order valence-corrected chi connectivity index (χ4v) is 3.46. The second kappa shape index (κ2) is 7.72. The van der Waals surface area contributed by atoms with Gasteiger partial charge in [-0.2, -0.15) is 0 Å².